The Hall–Kier alpha value is -2.20. The molecule has 0 atom stereocenters. The first-order chi connectivity index (χ1) is 9.15. The molecular formula is C14H11ClO4. The predicted molar refractivity (Wildman–Crippen MR) is 71.1 cm³/mol. The lowest BCUT2D eigenvalue weighted by Crippen LogP contribution is -2.09. The summed E-state index contributed by atoms with van der Waals surface area (Å²) in [5, 5.41) is 9.01. The van der Waals surface area contributed by atoms with Crippen LogP contribution < -0.4 is 9.47 Å². The number of rotatable bonds is 5. The minimum absolute atomic E-state index is 0.370. The number of halogens is 1. The summed E-state index contributed by atoms with van der Waals surface area (Å²) in [5.41, 5.74) is 0. The van der Waals surface area contributed by atoms with Gasteiger partial charge in [-0.3, -0.25) is 0 Å². The molecule has 98 valence electrons. The van der Waals surface area contributed by atoms with Gasteiger partial charge in [-0.1, -0.05) is 23.7 Å². The Labute approximate surface area is 115 Å². The van der Waals surface area contributed by atoms with Crippen molar-refractivity contribution in [3.05, 3.63) is 53.6 Å². The molecule has 0 saturated carbocycles. The van der Waals surface area contributed by atoms with Crippen LogP contribution in [0.3, 0.4) is 0 Å². The van der Waals surface area contributed by atoms with Crippen molar-refractivity contribution in [1.29, 1.82) is 0 Å². The lowest BCUT2D eigenvalue weighted by atomic mass is 10.3. The van der Waals surface area contributed by atoms with Gasteiger partial charge >= 0.3 is 5.97 Å². The first kappa shape index (κ1) is 13.2. The maximum Gasteiger partial charge on any atom is 0.341 e. The molecule has 1 N–H and O–H groups in total. The van der Waals surface area contributed by atoms with Crippen LogP contribution in [0.25, 0.3) is 0 Å². The lowest BCUT2D eigenvalue weighted by Gasteiger charge is -2.08. The largest absolute Gasteiger partial charge is 0.482 e. The van der Waals surface area contributed by atoms with Crippen molar-refractivity contribution in [2.75, 3.05) is 6.61 Å². The van der Waals surface area contributed by atoms with E-state index < -0.39 is 5.97 Å². The molecule has 0 heterocycles. The summed E-state index contributed by atoms with van der Waals surface area (Å²) in [6.07, 6.45) is 0. The third kappa shape index (κ3) is 3.89. The van der Waals surface area contributed by atoms with E-state index in [0.29, 0.717) is 22.3 Å². The molecule has 0 aromatic heterocycles. The normalized spacial score (nSPS) is 9.95. The molecular weight excluding hydrogens is 268 g/mol. The second kappa shape index (κ2) is 6.11. The summed E-state index contributed by atoms with van der Waals surface area (Å²) in [7, 11) is 0. The SMILES string of the molecule is O=C(O)COc1ccc(Oc2ccccc2Cl)cc1. The van der Waals surface area contributed by atoms with Gasteiger partial charge in [-0.25, -0.2) is 4.79 Å². The summed E-state index contributed by atoms with van der Waals surface area (Å²) in [4.78, 5) is 10.4. The molecule has 0 bridgehead atoms. The van der Waals surface area contributed by atoms with Gasteiger partial charge in [-0.2, -0.15) is 0 Å². The number of ether oxygens (including phenoxy) is 2. The van der Waals surface area contributed by atoms with E-state index in [4.69, 9.17) is 26.2 Å². The van der Waals surface area contributed by atoms with Crippen molar-refractivity contribution in [3.63, 3.8) is 0 Å². The number of benzene rings is 2. The summed E-state index contributed by atoms with van der Waals surface area (Å²) in [5.74, 6) is 0.601. The van der Waals surface area contributed by atoms with E-state index in [2.05, 4.69) is 0 Å². The second-order valence-electron chi connectivity index (χ2n) is 3.69. The molecule has 2 rings (SSSR count). The zero-order valence-corrected chi connectivity index (χ0v) is 10.6. The molecule has 2 aromatic carbocycles. The van der Waals surface area contributed by atoms with Crippen molar-refractivity contribution in [1.82, 2.24) is 0 Å². The Morgan fingerprint density at radius 2 is 1.68 bits per heavy atom. The first-order valence-corrected chi connectivity index (χ1v) is 5.90. The summed E-state index contributed by atoms with van der Waals surface area (Å²) >= 11 is 5.98. The van der Waals surface area contributed by atoms with E-state index in [-0.39, 0.29) is 6.61 Å². The van der Waals surface area contributed by atoms with Crippen LogP contribution in [-0.4, -0.2) is 17.7 Å². The Morgan fingerprint density at radius 1 is 1.05 bits per heavy atom. The van der Waals surface area contributed by atoms with Crippen molar-refractivity contribution < 1.29 is 19.4 Å². The van der Waals surface area contributed by atoms with Gasteiger partial charge in [0.2, 0.25) is 0 Å². The molecule has 0 spiro atoms. The van der Waals surface area contributed by atoms with Crippen molar-refractivity contribution >= 4 is 17.6 Å². The topological polar surface area (TPSA) is 55.8 Å². The molecule has 0 unspecified atom stereocenters. The highest BCUT2D eigenvalue weighted by Gasteiger charge is 2.03. The third-order valence-electron chi connectivity index (χ3n) is 2.25. The summed E-state index contributed by atoms with van der Waals surface area (Å²) < 4.78 is 10.6. The van der Waals surface area contributed by atoms with Crippen LogP contribution in [0.5, 0.6) is 17.2 Å². The minimum Gasteiger partial charge on any atom is -0.482 e. The molecule has 0 amide bonds. The standard InChI is InChI=1S/C14H11ClO4/c15-12-3-1-2-4-13(12)19-11-7-5-10(6-8-11)18-9-14(16)17/h1-8H,9H2,(H,16,17). The summed E-state index contributed by atoms with van der Waals surface area (Å²) in [6.45, 7) is -0.370. The van der Waals surface area contributed by atoms with Crippen LogP contribution in [0.4, 0.5) is 0 Å². The molecule has 5 heteroatoms. The molecule has 0 aliphatic heterocycles. The number of hydrogen-bond acceptors (Lipinski definition) is 3. The van der Waals surface area contributed by atoms with Crippen molar-refractivity contribution in [2.45, 2.75) is 0 Å². The Kier molecular flexibility index (Phi) is 4.26. The monoisotopic (exact) mass is 278 g/mol. The lowest BCUT2D eigenvalue weighted by molar-refractivity contribution is -0.139. The molecule has 2 aromatic rings. The van der Waals surface area contributed by atoms with E-state index in [1.165, 1.54) is 0 Å². The number of carboxylic acid groups (broad SMARTS) is 1. The number of carboxylic acids is 1. The smallest absolute Gasteiger partial charge is 0.341 e. The van der Waals surface area contributed by atoms with Gasteiger partial charge in [0.05, 0.1) is 5.02 Å². The highest BCUT2D eigenvalue weighted by atomic mass is 35.5. The number of carbonyl (C=O) groups is 1. The zero-order valence-electron chi connectivity index (χ0n) is 9.88. The average molecular weight is 279 g/mol. The van der Waals surface area contributed by atoms with Crippen LogP contribution in [0, 0.1) is 0 Å². The maximum atomic E-state index is 10.4. The second-order valence-corrected chi connectivity index (χ2v) is 4.09. The highest BCUT2D eigenvalue weighted by molar-refractivity contribution is 6.32. The number of aliphatic carboxylic acids is 1. The average Bonchev–Trinajstić information content (AvgIpc) is 2.40. The van der Waals surface area contributed by atoms with E-state index in [0.717, 1.165) is 0 Å². The van der Waals surface area contributed by atoms with E-state index in [1.807, 2.05) is 12.1 Å². The van der Waals surface area contributed by atoms with Gasteiger partial charge < -0.3 is 14.6 Å². The van der Waals surface area contributed by atoms with Gasteiger partial charge in [0, 0.05) is 0 Å². The molecule has 4 nitrogen and oxygen atoms in total. The highest BCUT2D eigenvalue weighted by Crippen LogP contribution is 2.29. The van der Waals surface area contributed by atoms with Gasteiger partial charge in [-0.05, 0) is 36.4 Å². The molecule has 19 heavy (non-hydrogen) atoms. The van der Waals surface area contributed by atoms with E-state index in [9.17, 15) is 4.79 Å². The van der Waals surface area contributed by atoms with E-state index >= 15 is 0 Å². The predicted octanol–water partition coefficient (Wildman–Crippen LogP) is 3.60. The fraction of sp³-hybridized carbons (Fsp3) is 0.0714. The zero-order chi connectivity index (χ0) is 13.7. The quantitative estimate of drug-likeness (QED) is 0.908. The van der Waals surface area contributed by atoms with Crippen LogP contribution in [-0.2, 0) is 4.79 Å². The fourth-order valence-corrected chi connectivity index (χ4v) is 1.58. The molecule has 0 fully saturated rings. The Balaban J connectivity index is 2.03. The number of hydrogen-bond donors (Lipinski definition) is 1. The first-order valence-electron chi connectivity index (χ1n) is 5.52. The van der Waals surface area contributed by atoms with Crippen LogP contribution in [0.15, 0.2) is 48.5 Å². The van der Waals surface area contributed by atoms with Crippen molar-refractivity contribution in [3.8, 4) is 17.2 Å². The van der Waals surface area contributed by atoms with Crippen molar-refractivity contribution in [2.24, 2.45) is 0 Å². The molecule has 0 aliphatic carbocycles. The molecule has 0 radical (unpaired) electrons. The molecule has 0 saturated heterocycles. The summed E-state index contributed by atoms with van der Waals surface area (Å²) in [6, 6.07) is 13.8. The van der Waals surface area contributed by atoms with Gasteiger partial charge in [-0.15, -0.1) is 0 Å². The van der Waals surface area contributed by atoms with E-state index in [1.54, 1.807) is 36.4 Å². The third-order valence-corrected chi connectivity index (χ3v) is 2.56. The van der Waals surface area contributed by atoms with Crippen LogP contribution in [0.2, 0.25) is 5.02 Å². The van der Waals surface area contributed by atoms with Gasteiger partial charge in [0.1, 0.15) is 17.2 Å². The van der Waals surface area contributed by atoms with Gasteiger partial charge in [0.25, 0.3) is 0 Å². The maximum absolute atomic E-state index is 10.4. The Bertz CT molecular complexity index is 566. The molecule has 0 aliphatic rings. The Morgan fingerprint density at radius 3 is 2.32 bits per heavy atom. The van der Waals surface area contributed by atoms with Crippen LogP contribution >= 0.6 is 11.6 Å². The number of para-hydroxylation sites is 1. The van der Waals surface area contributed by atoms with Gasteiger partial charge in [0.15, 0.2) is 6.61 Å². The minimum atomic E-state index is -1.02. The van der Waals surface area contributed by atoms with Crippen LogP contribution in [0.1, 0.15) is 0 Å². The fourth-order valence-electron chi connectivity index (χ4n) is 1.40.